The average molecular weight is 335 g/mol. The molecule has 134 valence electrons. The van der Waals surface area contributed by atoms with Gasteiger partial charge in [0.1, 0.15) is 0 Å². The summed E-state index contributed by atoms with van der Waals surface area (Å²) in [6.07, 6.45) is 6.01. The first-order valence-electron chi connectivity index (χ1n) is 9.05. The summed E-state index contributed by atoms with van der Waals surface area (Å²) in [6.45, 7) is 4.08. The van der Waals surface area contributed by atoms with Crippen LogP contribution in [0.3, 0.4) is 0 Å². The van der Waals surface area contributed by atoms with Crippen molar-refractivity contribution >= 4 is 11.4 Å². The van der Waals surface area contributed by atoms with Gasteiger partial charge in [-0.25, -0.2) is 5.21 Å². The normalized spacial score (nSPS) is 27.8. The van der Waals surface area contributed by atoms with E-state index in [-0.39, 0.29) is 6.10 Å². The lowest BCUT2D eigenvalue weighted by Crippen LogP contribution is -2.99. The number of quaternary nitrogens is 1. The molecule has 0 aromatic heterocycles. The van der Waals surface area contributed by atoms with Gasteiger partial charge < -0.3 is 20.5 Å². The Morgan fingerprint density at radius 2 is 1.79 bits per heavy atom. The molecule has 1 saturated carbocycles. The number of hydrogen-bond donors (Lipinski definition) is 4. The second-order valence-electron chi connectivity index (χ2n) is 7.27. The van der Waals surface area contributed by atoms with Crippen LogP contribution in [-0.4, -0.2) is 46.5 Å². The van der Waals surface area contributed by atoms with Crippen molar-refractivity contribution in [3.8, 4) is 0 Å². The lowest BCUT2D eigenvalue weighted by Gasteiger charge is -2.40. The van der Waals surface area contributed by atoms with Gasteiger partial charge in [0, 0.05) is 31.2 Å². The Bertz CT molecular complexity index is 536. The zero-order valence-corrected chi connectivity index (χ0v) is 14.4. The largest absolute Gasteiger partial charge is 0.595 e. The number of nitrogens with one attached hydrogen (secondary N) is 2. The van der Waals surface area contributed by atoms with Crippen molar-refractivity contribution in [1.82, 2.24) is 4.90 Å². The Morgan fingerprint density at radius 3 is 2.42 bits per heavy atom. The highest BCUT2D eigenvalue weighted by molar-refractivity contribution is 5.62. The highest BCUT2D eigenvalue weighted by Gasteiger charge is 2.28. The summed E-state index contributed by atoms with van der Waals surface area (Å²) in [5.74, 6) is 0. The first-order chi connectivity index (χ1) is 11.5. The number of likely N-dealkylation sites (tertiary alicyclic amines) is 1. The lowest BCUT2D eigenvalue weighted by molar-refractivity contribution is -0.990. The molecule has 1 atom stereocenters. The minimum atomic E-state index is -0.879. The van der Waals surface area contributed by atoms with E-state index >= 15 is 0 Å². The van der Waals surface area contributed by atoms with Crippen molar-refractivity contribution in [1.29, 1.82) is 0 Å². The quantitative estimate of drug-likeness (QED) is 0.628. The molecule has 0 bridgehead atoms. The third-order valence-electron chi connectivity index (χ3n) is 5.48. The molecule has 0 spiro atoms. The number of benzene rings is 1. The van der Waals surface area contributed by atoms with Crippen LogP contribution in [0.1, 0.15) is 44.1 Å². The predicted octanol–water partition coefficient (Wildman–Crippen LogP) is 1.58. The van der Waals surface area contributed by atoms with Gasteiger partial charge in [-0.15, -0.1) is 0 Å². The molecule has 1 aliphatic heterocycles. The number of hydrogen-bond acceptors (Lipinski definition) is 5. The van der Waals surface area contributed by atoms with Gasteiger partial charge in [0.05, 0.1) is 11.8 Å². The minimum Gasteiger partial charge on any atom is -0.595 e. The number of rotatable bonds is 4. The maximum Gasteiger partial charge on any atom is 0.187 e. The molecular formula is C18H29N3O3. The maximum absolute atomic E-state index is 11.4. The molecule has 1 saturated heterocycles. The van der Waals surface area contributed by atoms with Crippen LogP contribution in [0, 0.1) is 12.1 Å². The number of aliphatic hydroxyl groups is 1. The van der Waals surface area contributed by atoms with Crippen LogP contribution in [0.15, 0.2) is 18.2 Å². The van der Waals surface area contributed by atoms with E-state index in [0.717, 1.165) is 62.9 Å². The molecule has 1 unspecified atom stereocenters. The lowest BCUT2D eigenvalue weighted by atomic mass is 9.90. The third kappa shape index (κ3) is 4.26. The van der Waals surface area contributed by atoms with E-state index in [1.54, 1.807) is 6.07 Å². The van der Waals surface area contributed by atoms with Crippen molar-refractivity contribution in [3.63, 3.8) is 0 Å². The van der Waals surface area contributed by atoms with Gasteiger partial charge in [0.25, 0.3) is 0 Å². The molecule has 1 aromatic carbocycles. The van der Waals surface area contributed by atoms with Crippen molar-refractivity contribution in [2.45, 2.75) is 63.6 Å². The molecule has 0 radical (unpaired) electrons. The molecule has 1 aromatic rings. The van der Waals surface area contributed by atoms with Crippen LogP contribution in [0.2, 0.25) is 0 Å². The van der Waals surface area contributed by atoms with Crippen LogP contribution >= 0.6 is 0 Å². The number of piperidine rings is 1. The Morgan fingerprint density at radius 1 is 1.12 bits per heavy atom. The van der Waals surface area contributed by atoms with Crippen LogP contribution in [-0.2, 0) is 0 Å². The number of nitrogens with zero attached hydrogens (tertiary/aromatic N) is 1. The SMILES string of the molecule is Cc1ccc([NH+]([O-])O)c(NC2CCN([C@H]3CC[C@@H](O)CC3)CC2)c1. The van der Waals surface area contributed by atoms with E-state index in [0.29, 0.717) is 17.8 Å². The molecule has 0 amide bonds. The van der Waals surface area contributed by atoms with Crippen molar-refractivity contribution in [2.24, 2.45) is 0 Å². The van der Waals surface area contributed by atoms with Gasteiger partial charge in [0.15, 0.2) is 5.69 Å². The van der Waals surface area contributed by atoms with Gasteiger partial charge in [-0.1, -0.05) is 6.07 Å². The first-order valence-corrected chi connectivity index (χ1v) is 9.05. The predicted molar refractivity (Wildman–Crippen MR) is 93.4 cm³/mol. The average Bonchev–Trinajstić information content (AvgIpc) is 2.56. The van der Waals surface area contributed by atoms with Gasteiger partial charge in [0.2, 0.25) is 0 Å². The van der Waals surface area contributed by atoms with E-state index < -0.39 is 5.23 Å². The monoisotopic (exact) mass is 335 g/mol. The second-order valence-corrected chi connectivity index (χ2v) is 7.27. The summed E-state index contributed by atoms with van der Waals surface area (Å²) >= 11 is 0. The van der Waals surface area contributed by atoms with Crippen molar-refractivity contribution < 1.29 is 15.5 Å². The van der Waals surface area contributed by atoms with Gasteiger partial charge in [-0.2, -0.15) is 5.23 Å². The van der Waals surface area contributed by atoms with Crippen LogP contribution in [0.4, 0.5) is 11.4 Å². The van der Waals surface area contributed by atoms with Crippen molar-refractivity contribution in [2.75, 3.05) is 18.4 Å². The fraction of sp³-hybridized carbons (Fsp3) is 0.667. The highest BCUT2D eigenvalue weighted by atomic mass is 16.8. The van der Waals surface area contributed by atoms with Crippen LogP contribution in [0.5, 0.6) is 0 Å². The number of anilines is 1. The van der Waals surface area contributed by atoms with Crippen molar-refractivity contribution in [3.05, 3.63) is 29.0 Å². The molecule has 2 aliphatic rings. The third-order valence-corrected chi connectivity index (χ3v) is 5.48. The second kappa shape index (κ2) is 7.80. The zero-order valence-electron chi connectivity index (χ0n) is 14.4. The summed E-state index contributed by atoms with van der Waals surface area (Å²) < 4.78 is 0. The molecule has 4 N–H and O–H groups in total. The van der Waals surface area contributed by atoms with E-state index in [1.165, 1.54) is 0 Å². The first kappa shape index (κ1) is 17.6. The van der Waals surface area contributed by atoms with E-state index in [9.17, 15) is 15.5 Å². The molecule has 6 heteroatoms. The summed E-state index contributed by atoms with van der Waals surface area (Å²) in [5, 5.41) is 33.0. The van der Waals surface area contributed by atoms with Gasteiger partial charge in [-0.3, -0.25) is 0 Å². The fourth-order valence-corrected chi connectivity index (χ4v) is 4.02. The zero-order chi connectivity index (χ0) is 17.1. The van der Waals surface area contributed by atoms with Crippen LogP contribution < -0.4 is 10.5 Å². The molecule has 24 heavy (non-hydrogen) atoms. The fourth-order valence-electron chi connectivity index (χ4n) is 4.02. The van der Waals surface area contributed by atoms with Gasteiger partial charge in [-0.05, 0) is 57.1 Å². The van der Waals surface area contributed by atoms with Gasteiger partial charge >= 0.3 is 0 Å². The minimum absolute atomic E-state index is 0.101. The number of aliphatic hydroxyl groups excluding tert-OH is 1. The molecular weight excluding hydrogens is 306 g/mol. The van der Waals surface area contributed by atoms with E-state index in [4.69, 9.17) is 0 Å². The molecule has 3 rings (SSSR count). The van der Waals surface area contributed by atoms with E-state index in [2.05, 4.69) is 10.2 Å². The van der Waals surface area contributed by atoms with Crippen LogP contribution in [0.25, 0.3) is 0 Å². The molecule has 6 nitrogen and oxygen atoms in total. The maximum atomic E-state index is 11.4. The highest BCUT2D eigenvalue weighted by Crippen LogP contribution is 2.28. The molecule has 1 heterocycles. The summed E-state index contributed by atoms with van der Waals surface area (Å²) in [5.41, 5.74) is 2.16. The molecule has 1 aliphatic carbocycles. The smallest absolute Gasteiger partial charge is 0.187 e. The number of aryl methyl sites for hydroxylation is 1. The summed E-state index contributed by atoms with van der Waals surface area (Å²) in [7, 11) is 0. The standard InChI is InChI=1S/C18H29N3O3/c1-13-2-7-18(21(23)24)17(12-13)19-14-8-10-20(11-9-14)15-3-5-16(22)6-4-15/h2,7,12,14-16,19,21-23H,3-6,8-11H2,1H3/t15-,16+. The Kier molecular flexibility index (Phi) is 5.73. The Hall–Kier alpha value is -1.18. The van der Waals surface area contributed by atoms with E-state index in [1.807, 2.05) is 19.1 Å². The topological polar surface area (TPSA) is 83.2 Å². The summed E-state index contributed by atoms with van der Waals surface area (Å²) in [6, 6.07) is 6.40. The molecule has 2 fully saturated rings. The Labute approximate surface area is 143 Å². The summed E-state index contributed by atoms with van der Waals surface area (Å²) in [4.78, 5) is 2.55. The Balaban J connectivity index is 1.55.